The van der Waals surface area contributed by atoms with Crippen LogP contribution >= 0.6 is 0 Å². The highest BCUT2D eigenvalue weighted by Gasteiger charge is 2.27. The molecule has 0 saturated carbocycles. The number of carbonyl (C=O) groups excluding carboxylic acids is 2. The molecule has 1 fully saturated rings. The maximum Gasteiger partial charge on any atom is 0.267 e. The van der Waals surface area contributed by atoms with Gasteiger partial charge in [-0.3, -0.25) is 9.59 Å². The van der Waals surface area contributed by atoms with Crippen LogP contribution in [0.1, 0.15) is 58.9 Å². The summed E-state index contributed by atoms with van der Waals surface area (Å²) < 4.78 is 5.42. The molecule has 1 aromatic carbocycles. The summed E-state index contributed by atoms with van der Waals surface area (Å²) >= 11 is 0. The van der Waals surface area contributed by atoms with Gasteiger partial charge in [0.05, 0.1) is 0 Å². The van der Waals surface area contributed by atoms with E-state index >= 15 is 0 Å². The summed E-state index contributed by atoms with van der Waals surface area (Å²) in [4.78, 5) is 36.9. The third kappa shape index (κ3) is 10.3. The molecule has 198 valence electrons. The number of aliphatic imine (C=N–C) groups is 1. The molecule has 2 rings (SSSR count). The van der Waals surface area contributed by atoms with Gasteiger partial charge in [-0.15, -0.1) is 0 Å². The Balaban J connectivity index is 1.92. The molecule has 8 heteroatoms. The van der Waals surface area contributed by atoms with Gasteiger partial charge >= 0.3 is 0 Å². The maximum absolute atomic E-state index is 13.0. The van der Waals surface area contributed by atoms with Crippen molar-refractivity contribution in [1.82, 2.24) is 15.7 Å². The molecule has 1 aliphatic heterocycles. The molecule has 2 amide bonds. The second-order valence-corrected chi connectivity index (χ2v) is 9.31. The molecule has 0 aliphatic carbocycles. The van der Waals surface area contributed by atoms with Crippen molar-refractivity contribution in [2.24, 2.45) is 10.9 Å². The number of rotatable bonds is 12. The van der Waals surface area contributed by atoms with Crippen molar-refractivity contribution in [3.63, 3.8) is 0 Å². The normalized spacial score (nSPS) is 17.8. The lowest BCUT2D eigenvalue weighted by atomic mass is 10.0. The number of hydroxylamine groups is 1. The molecular formula is C28H42N4O4. The van der Waals surface area contributed by atoms with Crippen LogP contribution in [-0.2, 0) is 25.6 Å². The van der Waals surface area contributed by atoms with Crippen molar-refractivity contribution in [3.8, 4) is 0 Å². The van der Waals surface area contributed by atoms with Crippen molar-refractivity contribution in [1.29, 1.82) is 0 Å². The van der Waals surface area contributed by atoms with Crippen LogP contribution in [0.25, 0.3) is 0 Å². The molecule has 0 bridgehead atoms. The molecule has 1 saturated heterocycles. The van der Waals surface area contributed by atoms with E-state index in [1.165, 1.54) is 11.6 Å². The van der Waals surface area contributed by atoms with Crippen LogP contribution < -0.4 is 10.8 Å². The Kier molecular flexibility index (Phi) is 12.9. The summed E-state index contributed by atoms with van der Waals surface area (Å²) in [7, 11) is 1.90. The van der Waals surface area contributed by atoms with E-state index in [1.54, 1.807) is 12.3 Å². The van der Waals surface area contributed by atoms with Gasteiger partial charge in [0.15, 0.2) is 6.29 Å². The van der Waals surface area contributed by atoms with Gasteiger partial charge in [0, 0.05) is 45.3 Å². The lowest BCUT2D eigenvalue weighted by Crippen LogP contribution is -2.50. The van der Waals surface area contributed by atoms with Crippen LogP contribution in [0, 0.1) is 5.92 Å². The third-order valence-corrected chi connectivity index (χ3v) is 5.94. The van der Waals surface area contributed by atoms with Crippen LogP contribution in [0.15, 0.2) is 59.2 Å². The quantitative estimate of drug-likeness (QED) is 0.149. The molecule has 2 N–H and O–H groups in total. The number of hydrogen-bond acceptors (Lipinski definition) is 5. The van der Waals surface area contributed by atoms with E-state index in [4.69, 9.17) is 9.57 Å². The summed E-state index contributed by atoms with van der Waals surface area (Å²) in [6, 6.07) is 9.77. The average Bonchev–Trinajstić information content (AvgIpc) is 2.87. The smallest absolute Gasteiger partial charge is 0.267 e. The molecule has 1 aromatic rings. The van der Waals surface area contributed by atoms with E-state index in [9.17, 15) is 9.59 Å². The van der Waals surface area contributed by atoms with Crippen LogP contribution in [-0.4, -0.2) is 55.1 Å². The fourth-order valence-corrected chi connectivity index (χ4v) is 3.99. The molecule has 0 radical (unpaired) electrons. The number of amides is 2. The standard InChI is InChI=1S/C28H42N4O4/c1-6-24(30-20-22(4)15-16-25(33)31-36-26-14-10-11-19-35-26)32(5)27(21(2)3)28(34)29-18-17-23-12-8-7-9-13-23/h7-9,12-13,15-16,20-21,26-27H,6,10-11,14,17-19H2,1-5H3,(H,29,34)(H,31,33)/b16-15+,22-20+,30-24+/t26?,27-/m1/s1. The number of nitrogens with zero attached hydrogens (tertiary/aromatic N) is 2. The van der Waals surface area contributed by atoms with Crippen LogP contribution in [0.5, 0.6) is 0 Å². The van der Waals surface area contributed by atoms with Crippen molar-refractivity contribution >= 4 is 17.6 Å². The van der Waals surface area contributed by atoms with E-state index in [0.717, 1.165) is 37.1 Å². The monoisotopic (exact) mass is 498 g/mol. The first-order valence-corrected chi connectivity index (χ1v) is 12.8. The van der Waals surface area contributed by atoms with E-state index in [1.807, 2.05) is 57.8 Å². The number of allylic oxidation sites excluding steroid dienone is 2. The first-order chi connectivity index (χ1) is 17.3. The largest absolute Gasteiger partial charge is 0.354 e. The summed E-state index contributed by atoms with van der Waals surface area (Å²) in [5.74, 6) is 0.525. The number of ether oxygens (including phenoxy) is 1. The predicted molar refractivity (Wildman–Crippen MR) is 143 cm³/mol. The minimum absolute atomic E-state index is 0.0104. The topological polar surface area (TPSA) is 92.3 Å². The second-order valence-electron chi connectivity index (χ2n) is 9.31. The first-order valence-electron chi connectivity index (χ1n) is 12.8. The SMILES string of the molecule is CC\C(=N/C=C(C)/C=C/C(=O)NOC1CCCCO1)N(C)[C@@H](C(=O)NCCc1ccccc1)C(C)C. The Morgan fingerprint density at radius 3 is 2.61 bits per heavy atom. The van der Waals surface area contributed by atoms with Crippen molar-refractivity contribution in [2.75, 3.05) is 20.2 Å². The van der Waals surface area contributed by atoms with E-state index in [2.05, 4.69) is 27.9 Å². The molecule has 0 aromatic heterocycles. The highest BCUT2D eigenvalue weighted by Crippen LogP contribution is 2.14. The van der Waals surface area contributed by atoms with Gasteiger partial charge in [-0.05, 0) is 43.2 Å². The third-order valence-electron chi connectivity index (χ3n) is 5.94. The maximum atomic E-state index is 13.0. The van der Waals surface area contributed by atoms with Gasteiger partial charge in [-0.1, -0.05) is 57.2 Å². The highest BCUT2D eigenvalue weighted by atomic mass is 16.8. The Morgan fingerprint density at radius 1 is 1.22 bits per heavy atom. The summed E-state index contributed by atoms with van der Waals surface area (Å²) in [5.41, 5.74) is 4.39. The number of likely N-dealkylation sites (N-methyl/N-ethyl adjacent to an activating group) is 1. The highest BCUT2D eigenvalue weighted by molar-refractivity contribution is 5.90. The Morgan fingerprint density at radius 2 is 1.97 bits per heavy atom. The molecule has 1 unspecified atom stereocenters. The summed E-state index contributed by atoms with van der Waals surface area (Å²) in [5, 5.41) is 3.08. The zero-order valence-electron chi connectivity index (χ0n) is 22.3. The van der Waals surface area contributed by atoms with Gasteiger partial charge in [0.2, 0.25) is 5.91 Å². The summed E-state index contributed by atoms with van der Waals surface area (Å²) in [6.45, 7) is 9.18. The zero-order chi connectivity index (χ0) is 26.3. The van der Waals surface area contributed by atoms with Crippen molar-refractivity contribution in [2.45, 2.75) is 72.1 Å². The summed E-state index contributed by atoms with van der Waals surface area (Å²) in [6.07, 6.45) is 8.66. The van der Waals surface area contributed by atoms with Gasteiger partial charge in [0.1, 0.15) is 11.9 Å². The van der Waals surface area contributed by atoms with Crippen LogP contribution in [0.2, 0.25) is 0 Å². The van der Waals surface area contributed by atoms with Gasteiger partial charge in [-0.2, -0.15) is 0 Å². The average molecular weight is 499 g/mol. The predicted octanol–water partition coefficient (Wildman–Crippen LogP) is 4.14. The van der Waals surface area contributed by atoms with E-state index < -0.39 is 0 Å². The van der Waals surface area contributed by atoms with E-state index in [0.29, 0.717) is 19.6 Å². The molecule has 1 aliphatic rings. The minimum Gasteiger partial charge on any atom is -0.354 e. The number of hydrogen-bond donors (Lipinski definition) is 2. The van der Waals surface area contributed by atoms with E-state index in [-0.39, 0.29) is 30.1 Å². The number of nitrogens with one attached hydrogen (secondary N) is 2. The lowest BCUT2D eigenvalue weighted by molar-refractivity contribution is -0.198. The van der Waals surface area contributed by atoms with Gasteiger partial charge < -0.3 is 15.0 Å². The van der Waals surface area contributed by atoms with Crippen molar-refractivity contribution < 1.29 is 19.2 Å². The number of carbonyl (C=O) groups is 2. The Hall–Kier alpha value is -2.97. The number of benzene rings is 1. The molecule has 2 atom stereocenters. The van der Waals surface area contributed by atoms with Crippen molar-refractivity contribution in [3.05, 3.63) is 59.8 Å². The fraction of sp³-hybridized carbons (Fsp3) is 0.536. The lowest BCUT2D eigenvalue weighted by Gasteiger charge is -2.32. The molecule has 1 heterocycles. The molecular weight excluding hydrogens is 456 g/mol. The first kappa shape index (κ1) is 29.3. The van der Waals surface area contributed by atoms with Gasteiger partial charge in [-0.25, -0.2) is 15.3 Å². The Bertz CT molecular complexity index is 905. The second kappa shape index (κ2) is 15.9. The Labute approximate surface area is 215 Å². The van der Waals surface area contributed by atoms with Gasteiger partial charge in [0.25, 0.3) is 5.91 Å². The molecule has 36 heavy (non-hydrogen) atoms. The minimum atomic E-state index is -0.385. The molecule has 8 nitrogen and oxygen atoms in total. The number of amidine groups is 1. The zero-order valence-corrected chi connectivity index (χ0v) is 22.3. The fourth-order valence-electron chi connectivity index (χ4n) is 3.99. The molecule has 0 spiro atoms. The van der Waals surface area contributed by atoms with Crippen LogP contribution in [0.3, 0.4) is 0 Å². The van der Waals surface area contributed by atoms with Crippen LogP contribution in [0.4, 0.5) is 0 Å².